The van der Waals surface area contributed by atoms with Crippen LogP contribution in [0.2, 0.25) is 0 Å². The molecule has 1 saturated carbocycles. The van der Waals surface area contributed by atoms with E-state index in [4.69, 9.17) is 9.15 Å². The van der Waals surface area contributed by atoms with Gasteiger partial charge in [-0.15, -0.1) is 0 Å². The Morgan fingerprint density at radius 1 is 1.17 bits per heavy atom. The SMILES string of the molecule is O=[N+]([O-])c1cc2oc(C3CCCC3)nc2cc1Oc1ccccc1. The van der Waals surface area contributed by atoms with Crippen LogP contribution in [-0.4, -0.2) is 9.91 Å². The Morgan fingerprint density at radius 2 is 1.92 bits per heavy atom. The van der Waals surface area contributed by atoms with Gasteiger partial charge in [0.1, 0.15) is 11.3 Å². The number of oxazole rings is 1. The second kappa shape index (κ2) is 5.96. The van der Waals surface area contributed by atoms with Gasteiger partial charge in [0.05, 0.1) is 11.0 Å². The standard InChI is InChI=1S/C18H16N2O4/c21-20(22)15-11-16-14(19-18(24-16)12-6-4-5-7-12)10-17(15)23-13-8-2-1-3-9-13/h1-3,8-12H,4-7H2. The Hall–Kier alpha value is -2.89. The number of benzene rings is 2. The fourth-order valence-electron chi connectivity index (χ4n) is 3.15. The van der Waals surface area contributed by atoms with E-state index in [1.54, 1.807) is 18.2 Å². The topological polar surface area (TPSA) is 78.4 Å². The summed E-state index contributed by atoms with van der Waals surface area (Å²) in [4.78, 5) is 15.4. The molecule has 1 aliphatic rings. The molecule has 0 saturated heterocycles. The van der Waals surface area contributed by atoms with Crippen LogP contribution in [0.3, 0.4) is 0 Å². The molecule has 0 radical (unpaired) electrons. The largest absolute Gasteiger partial charge is 0.450 e. The first-order valence-electron chi connectivity index (χ1n) is 8.02. The van der Waals surface area contributed by atoms with Crippen molar-refractivity contribution in [3.8, 4) is 11.5 Å². The predicted molar refractivity (Wildman–Crippen MR) is 88.4 cm³/mol. The van der Waals surface area contributed by atoms with E-state index < -0.39 is 4.92 Å². The van der Waals surface area contributed by atoms with Gasteiger partial charge < -0.3 is 9.15 Å². The van der Waals surface area contributed by atoms with Gasteiger partial charge in [-0.1, -0.05) is 31.0 Å². The highest BCUT2D eigenvalue weighted by Crippen LogP contribution is 2.39. The van der Waals surface area contributed by atoms with Crippen molar-refractivity contribution in [1.29, 1.82) is 0 Å². The highest BCUT2D eigenvalue weighted by molar-refractivity contribution is 5.79. The minimum absolute atomic E-state index is 0.125. The van der Waals surface area contributed by atoms with Crippen molar-refractivity contribution in [3.05, 3.63) is 58.5 Å². The summed E-state index contributed by atoms with van der Waals surface area (Å²) in [7, 11) is 0. The Labute approximate surface area is 138 Å². The molecular weight excluding hydrogens is 308 g/mol. The van der Waals surface area contributed by atoms with Crippen molar-refractivity contribution in [2.45, 2.75) is 31.6 Å². The van der Waals surface area contributed by atoms with Crippen LogP contribution in [-0.2, 0) is 0 Å². The molecule has 0 unspecified atom stereocenters. The van der Waals surface area contributed by atoms with Crippen molar-refractivity contribution in [2.24, 2.45) is 0 Å². The summed E-state index contributed by atoms with van der Waals surface area (Å²) in [5, 5.41) is 11.4. The number of hydrogen-bond acceptors (Lipinski definition) is 5. The molecule has 1 heterocycles. The van der Waals surface area contributed by atoms with E-state index in [2.05, 4.69) is 4.98 Å². The van der Waals surface area contributed by atoms with Crippen molar-refractivity contribution in [2.75, 3.05) is 0 Å². The molecule has 3 aromatic rings. The summed E-state index contributed by atoms with van der Waals surface area (Å²) >= 11 is 0. The van der Waals surface area contributed by atoms with Crippen LogP contribution in [0.1, 0.15) is 37.5 Å². The molecule has 122 valence electrons. The van der Waals surface area contributed by atoms with Gasteiger partial charge in [-0.05, 0) is 25.0 Å². The van der Waals surface area contributed by atoms with E-state index >= 15 is 0 Å². The van der Waals surface area contributed by atoms with Crippen molar-refractivity contribution < 1.29 is 14.1 Å². The minimum atomic E-state index is -0.463. The molecule has 0 atom stereocenters. The number of aromatic nitrogens is 1. The fourth-order valence-corrected chi connectivity index (χ4v) is 3.15. The van der Waals surface area contributed by atoms with Gasteiger partial charge >= 0.3 is 5.69 Å². The smallest absolute Gasteiger partial charge is 0.315 e. The summed E-state index contributed by atoms with van der Waals surface area (Å²) in [5.41, 5.74) is 0.901. The molecule has 1 aliphatic carbocycles. The monoisotopic (exact) mass is 324 g/mol. The second-order valence-electron chi connectivity index (χ2n) is 5.99. The molecular formula is C18H16N2O4. The molecule has 6 nitrogen and oxygen atoms in total. The van der Waals surface area contributed by atoms with Gasteiger partial charge in [0, 0.05) is 12.0 Å². The molecule has 6 heteroatoms. The number of nitrogens with zero attached hydrogens (tertiary/aromatic N) is 2. The lowest BCUT2D eigenvalue weighted by Crippen LogP contribution is -1.93. The number of nitro benzene ring substituents is 1. The third-order valence-electron chi connectivity index (χ3n) is 4.36. The highest BCUT2D eigenvalue weighted by atomic mass is 16.6. The Morgan fingerprint density at radius 3 is 2.62 bits per heavy atom. The number of para-hydroxylation sites is 1. The first kappa shape index (κ1) is 14.7. The first-order chi connectivity index (χ1) is 11.7. The molecule has 2 aromatic carbocycles. The fraction of sp³-hybridized carbons (Fsp3) is 0.278. The van der Waals surface area contributed by atoms with Crippen molar-refractivity contribution >= 4 is 16.8 Å². The molecule has 0 N–H and O–H groups in total. The molecule has 0 amide bonds. The summed E-state index contributed by atoms with van der Waals surface area (Å²) in [5.74, 6) is 1.70. The zero-order valence-corrected chi connectivity index (χ0v) is 13.0. The van der Waals surface area contributed by atoms with E-state index in [0.29, 0.717) is 28.7 Å². The van der Waals surface area contributed by atoms with Gasteiger partial charge in [-0.25, -0.2) is 4.98 Å². The van der Waals surface area contributed by atoms with Crippen LogP contribution in [0.5, 0.6) is 11.5 Å². The zero-order chi connectivity index (χ0) is 16.5. The van der Waals surface area contributed by atoms with Crippen LogP contribution in [0, 0.1) is 10.1 Å². The van der Waals surface area contributed by atoms with Crippen molar-refractivity contribution in [1.82, 2.24) is 4.98 Å². The highest BCUT2D eigenvalue weighted by Gasteiger charge is 2.25. The van der Waals surface area contributed by atoms with Gasteiger partial charge in [0.2, 0.25) is 5.75 Å². The zero-order valence-electron chi connectivity index (χ0n) is 13.0. The van der Waals surface area contributed by atoms with Gasteiger partial charge in [0.25, 0.3) is 0 Å². The molecule has 0 aliphatic heterocycles. The molecule has 4 rings (SSSR count). The van der Waals surface area contributed by atoms with Crippen LogP contribution in [0.25, 0.3) is 11.1 Å². The second-order valence-corrected chi connectivity index (χ2v) is 5.99. The van der Waals surface area contributed by atoms with Crippen LogP contribution in [0.15, 0.2) is 46.9 Å². The molecule has 1 fully saturated rings. The number of rotatable bonds is 4. The van der Waals surface area contributed by atoms with E-state index in [1.165, 1.54) is 18.9 Å². The number of hydrogen-bond donors (Lipinski definition) is 0. The molecule has 0 spiro atoms. The average Bonchev–Trinajstić information content (AvgIpc) is 3.24. The maximum absolute atomic E-state index is 11.4. The number of fused-ring (bicyclic) bond motifs is 1. The third kappa shape index (κ3) is 2.71. The maximum atomic E-state index is 11.4. The third-order valence-corrected chi connectivity index (χ3v) is 4.36. The van der Waals surface area contributed by atoms with E-state index in [-0.39, 0.29) is 11.4 Å². The van der Waals surface area contributed by atoms with E-state index in [0.717, 1.165) is 12.8 Å². The first-order valence-corrected chi connectivity index (χ1v) is 8.02. The summed E-state index contributed by atoms with van der Waals surface area (Å²) in [6, 6.07) is 12.0. The predicted octanol–water partition coefficient (Wildman–Crippen LogP) is 5.19. The minimum Gasteiger partial charge on any atom is -0.450 e. The van der Waals surface area contributed by atoms with Gasteiger partial charge in [-0.3, -0.25) is 10.1 Å². The van der Waals surface area contributed by atoms with Crippen LogP contribution in [0.4, 0.5) is 5.69 Å². The maximum Gasteiger partial charge on any atom is 0.315 e. The lowest BCUT2D eigenvalue weighted by molar-refractivity contribution is -0.385. The Kier molecular flexibility index (Phi) is 3.65. The van der Waals surface area contributed by atoms with Crippen molar-refractivity contribution in [3.63, 3.8) is 0 Å². The van der Waals surface area contributed by atoms with Crippen LogP contribution < -0.4 is 4.74 Å². The summed E-state index contributed by atoms with van der Waals surface area (Å²) in [6.45, 7) is 0. The lowest BCUT2D eigenvalue weighted by atomic mass is 10.1. The summed E-state index contributed by atoms with van der Waals surface area (Å²) < 4.78 is 11.5. The number of ether oxygens (including phenoxy) is 1. The van der Waals surface area contributed by atoms with Crippen LogP contribution >= 0.6 is 0 Å². The number of nitro groups is 1. The van der Waals surface area contributed by atoms with Gasteiger partial charge in [-0.2, -0.15) is 0 Å². The average molecular weight is 324 g/mol. The Balaban J connectivity index is 1.76. The molecule has 1 aromatic heterocycles. The van der Waals surface area contributed by atoms with E-state index in [1.807, 2.05) is 18.2 Å². The summed E-state index contributed by atoms with van der Waals surface area (Å²) in [6.07, 6.45) is 4.46. The molecule has 24 heavy (non-hydrogen) atoms. The van der Waals surface area contributed by atoms with Gasteiger partial charge in [0.15, 0.2) is 11.5 Å². The quantitative estimate of drug-likeness (QED) is 0.487. The Bertz CT molecular complexity index is 883. The lowest BCUT2D eigenvalue weighted by Gasteiger charge is -2.05. The van der Waals surface area contributed by atoms with E-state index in [9.17, 15) is 10.1 Å². The molecule has 0 bridgehead atoms. The normalized spacial score (nSPS) is 15.0.